The molecule has 0 bridgehead atoms. The van der Waals surface area contributed by atoms with Crippen molar-refractivity contribution >= 4 is 5.91 Å². The third kappa shape index (κ3) is 5.66. The molecule has 3 aromatic rings. The summed E-state index contributed by atoms with van der Waals surface area (Å²) < 4.78 is 0. The van der Waals surface area contributed by atoms with Gasteiger partial charge in [0.2, 0.25) is 5.91 Å². The number of pyridine rings is 1. The monoisotopic (exact) mass is 418 g/mol. The second kappa shape index (κ2) is 10.2. The average Bonchev–Trinajstić information content (AvgIpc) is 2.77. The summed E-state index contributed by atoms with van der Waals surface area (Å²) in [6, 6.07) is 11.9. The molecular formula is C25H30N4O2. The molecule has 1 amide bonds. The van der Waals surface area contributed by atoms with Gasteiger partial charge in [-0.3, -0.25) is 14.6 Å². The van der Waals surface area contributed by atoms with Crippen molar-refractivity contribution in [3.05, 3.63) is 81.5 Å². The van der Waals surface area contributed by atoms with Gasteiger partial charge in [-0.25, -0.2) is 4.98 Å². The Morgan fingerprint density at radius 3 is 2.35 bits per heavy atom. The van der Waals surface area contributed by atoms with E-state index in [1.165, 1.54) is 5.56 Å². The van der Waals surface area contributed by atoms with E-state index in [1.807, 2.05) is 0 Å². The molecule has 0 aliphatic rings. The van der Waals surface area contributed by atoms with Gasteiger partial charge in [0, 0.05) is 35.6 Å². The van der Waals surface area contributed by atoms with Crippen molar-refractivity contribution in [1.29, 1.82) is 0 Å². The number of hydrogen-bond donors (Lipinski definition) is 2. The molecule has 162 valence electrons. The minimum atomic E-state index is -0.206. The predicted molar refractivity (Wildman–Crippen MR) is 123 cm³/mol. The van der Waals surface area contributed by atoms with E-state index in [9.17, 15) is 9.59 Å². The molecule has 6 nitrogen and oxygen atoms in total. The Balaban J connectivity index is 1.68. The molecule has 31 heavy (non-hydrogen) atoms. The fourth-order valence-electron chi connectivity index (χ4n) is 3.63. The van der Waals surface area contributed by atoms with E-state index in [1.54, 1.807) is 31.5 Å². The van der Waals surface area contributed by atoms with Crippen molar-refractivity contribution in [1.82, 2.24) is 20.3 Å². The maximum Gasteiger partial charge on any atom is 0.254 e. The molecule has 1 atom stereocenters. The number of H-pyrrole nitrogens is 1. The van der Waals surface area contributed by atoms with Crippen LogP contribution in [0.4, 0.5) is 0 Å². The van der Waals surface area contributed by atoms with Crippen LogP contribution in [-0.4, -0.2) is 20.9 Å². The molecule has 1 unspecified atom stereocenters. The summed E-state index contributed by atoms with van der Waals surface area (Å²) in [6.45, 7) is 8.11. The highest BCUT2D eigenvalue weighted by Gasteiger charge is 2.19. The van der Waals surface area contributed by atoms with Gasteiger partial charge in [-0.2, -0.15) is 0 Å². The molecule has 0 spiro atoms. The van der Waals surface area contributed by atoms with E-state index in [0.29, 0.717) is 23.5 Å². The first-order valence-corrected chi connectivity index (χ1v) is 10.8. The average molecular weight is 419 g/mol. The molecule has 6 heteroatoms. The van der Waals surface area contributed by atoms with Crippen LogP contribution in [0.3, 0.4) is 0 Å². The van der Waals surface area contributed by atoms with Crippen LogP contribution in [0, 0.1) is 12.8 Å². The van der Waals surface area contributed by atoms with Crippen LogP contribution >= 0.6 is 0 Å². The number of aromatic nitrogens is 3. The first-order valence-electron chi connectivity index (χ1n) is 10.8. The summed E-state index contributed by atoms with van der Waals surface area (Å²) in [7, 11) is 0. The third-order valence-corrected chi connectivity index (χ3v) is 5.51. The normalized spacial score (nSPS) is 12.0. The van der Waals surface area contributed by atoms with Gasteiger partial charge in [0.05, 0.1) is 6.04 Å². The van der Waals surface area contributed by atoms with Gasteiger partial charge >= 0.3 is 0 Å². The topological polar surface area (TPSA) is 87.7 Å². The third-order valence-electron chi connectivity index (χ3n) is 5.51. The summed E-state index contributed by atoms with van der Waals surface area (Å²) in [4.78, 5) is 36.6. The Kier molecular flexibility index (Phi) is 7.34. The zero-order chi connectivity index (χ0) is 22.4. The van der Waals surface area contributed by atoms with Gasteiger partial charge in [-0.05, 0) is 48.9 Å². The van der Waals surface area contributed by atoms with E-state index in [4.69, 9.17) is 0 Å². The van der Waals surface area contributed by atoms with Crippen molar-refractivity contribution in [3.8, 4) is 11.4 Å². The van der Waals surface area contributed by atoms with Gasteiger partial charge in [-0.15, -0.1) is 0 Å². The quantitative estimate of drug-likeness (QED) is 0.575. The Labute approximate surface area is 183 Å². The van der Waals surface area contributed by atoms with Crippen molar-refractivity contribution in [2.75, 3.05) is 0 Å². The lowest BCUT2D eigenvalue weighted by Crippen LogP contribution is -2.32. The van der Waals surface area contributed by atoms with Gasteiger partial charge < -0.3 is 10.3 Å². The number of amides is 1. The summed E-state index contributed by atoms with van der Waals surface area (Å²) in [5, 5.41) is 3.14. The predicted octanol–water partition coefficient (Wildman–Crippen LogP) is 4.15. The highest BCUT2D eigenvalue weighted by Crippen LogP contribution is 2.22. The standard InChI is InChI=1S/C25H30N4O2/c1-5-18-6-8-19(9-7-18)23(16(2)3)28-22(30)11-10-21-17(4)27-24(29-25(21)31)20-12-14-26-15-13-20/h6-9,12-16,23H,5,10-11H2,1-4H3,(H,28,30)(H,27,29,31). The first-order chi connectivity index (χ1) is 14.9. The van der Waals surface area contributed by atoms with Crippen molar-refractivity contribution in [3.63, 3.8) is 0 Å². The van der Waals surface area contributed by atoms with E-state index < -0.39 is 0 Å². The lowest BCUT2D eigenvalue weighted by molar-refractivity contribution is -0.122. The number of aryl methyl sites for hydroxylation is 2. The fourth-order valence-corrected chi connectivity index (χ4v) is 3.63. The minimum Gasteiger partial charge on any atom is -0.349 e. The number of hydrogen-bond acceptors (Lipinski definition) is 4. The SMILES string of the molecule is CCc1ccc(C(NC(=O)CCc2c(C)nc(-c3ccncc3)[nH]c2=O)C(C)C)cc1. The number of carbonyl (C=O) groups excluding carboxylic acids is 1. The van der Waals surface area contributed by atoms with Crippen LogP contribution in [0.1, 0.15) is 55.6 Å². The summed E-state index contributed by atoms with van der Waals surface area (Å²) in [5.74, 6) is 0.687. The van der Waals surface area contributed by atoms with Gasteiger partial charge in [0.15, 0.2) is 0 Å². The lowest BCUT2D eigenvalue weighted by Gasteiger charge is -2.23. The van der Waals surface area contributed by atoms with Crippen LogP contribution in [-0.2, 0) is 17.6 Å². The Morgan fingerprint density at radius 2 is 1.77 bits per heavy atom. The Morgan fingerprint density at radius 1 is 1.10 bits per heavy atom. The molecule has 3 rings (SSSR count). The second-order valence-electron chi connectivity index (χ2n) is 8.10. The number of nitrogens with one attached hydrogen (secondary N) is 2. The number of aromatic amines is 1. The number of nitrogens with zero attached hydrogens (tertiary/aromatic N) is 2. The molecule has 2 aromatic heterocycles. The highest BCUT2D eigenvalue weighted by molar-refractivity contribution is 5.76. The van der Waals surface area contributed by atoms with Crippen LogP contribution in [0.5, 0.6) is 0 Å². The van der Waals surface area contributed by atoms with Crippen molar-refractivity contribution in [2.45, 2.75) is 53.0 Å². The van der Waals surface area contributed by atoms with Crippen LogP contribution in [0.2, 0.25) is 0 Å². The maximum absolute atomic E-state index is 12.7. The summed E-state index contributed by atoms with van der Waals surface area (Å²) >= 11 is 0. The molecule has 0 saturated carbocycles. The molecule has 0 aliphatic carbocycles. The molecule has 0 aliphatic heterocycles. The van der Waals surface area contributed by atoms with Crippen molar-refractivity contribution in [2.24, 2.45) is 5.92 Å². The maximum atomic E-state index is 12.7. The van der Waals surface area contributed by atoms with E-state index >= 15 is 0 Å². The molecule has 2 N–H and O–H groups in total. The number of benzene rings is 1. The number of carbonyl (C=O) groups is 1. The highest BCUT2D eigenvalue weighted by atomic mass is 16.1. The second-order valence-corrected chi connectivity index (χ2v) is 8.10. The van der Waals surface area contributed by atoms with Gasteiger partial charge in [-0.1, -0.05) is 45.0 Å². The fraction of sp³-hybridized carbons (Fsp3) is 0.360. The zero-order valence-corrected chi connectivity index (χ0v) is 18.6. The first kappa shape index (κ1) is 22.4. The van der Waals surface area contributed by atoms with E-state index in [2.05, 4.69) is 65.3 Å². The lowest BCUT2D eigenvalue weighted by atomic mass is 9.94. The summed E-state index contributed by atoms with van der Waals surface area (Å²) in [6.07, 6.45) is 4.88. The Hall–Kier alpha value is -3.28. The van der Waals surface area contributed by atoms with E-state index in [0.717, 1.165) is 17.5 Å². The van der Waals surface area contributed by atoms with Crippen molar-refractivity contribution < 1.29 is 4.79 Å². The molecule has 0 fully saturated rings. The zero-order valence-electron chi connectivity index (χ0n) is 18.6. The smallest absolute Gasteiger partial charge is 0.254 e. The molecule has 2 heterocycles. The van der Waals surface area contributed by atoms with Crippen LogP contribution < -0.4 is 10.9 Å². The summed E-state index contributed by atoms with van der Waals surface area (Å²) in [5.41, 5.74) is 4.14. The molecule has 0 radical (unpaired) electrons. The Bertz CT molecular complexity index is 1070. The van der Waals surface area contributed by atoms with E-state index in [-0.39, 0.29) is 29.8 Å². The molecule has 1 aromatic carbocycles. The number of rotatable bonds is 8. The molecular weight excluding hydrogens is 388 g/mol. The van der Waals surface area contributed by atoms with Gasteiger partial charge in [0.25, 0.3) is 5.56 Å². The largest absolute Gasteiger partial charge is 0.349 e. The van der Waals surface area contributed by atoms with Crippen LogP contribution in [0.25, 0.3) is 11.4 Å². The van der Waals surface area contributed by atoms with Gasteiger partial charge in [0.1, 0.15) is 5.82 Å². The van der Waals surface area contributed by atoms with Crippen LogP contribution in [0.15, 0.2) is 53.6 Å². The molecule has 0 saturated heterocycles. The minimum absolute atomic E-state index is 0.0648.